The van der Waals surface area contributed by atoms with Gasteiger partial charge in [-0.2, -0.15) is 0 Å². The van der Waals surface area contributed by atoms with Crippen LogP contribution in [0.25, 0.3) is 39.2 Å². The van der Waals surface area contributed by atoms with E-state index in [0.29, 0.717) is 72.1 Å². The first-order valence-corrected chi connectivity index (χ1v) is 16.9. The molecule has 0 spiro atoms. The molecule has 252 valence electrons. The molecule has 0 radical (unpaired) electrons. The van der Waals surface area contributed by atoms with Crippen LogP contribution >= 0.6 is 23.2 Å². The summed E-state index contributed by atoms with van der Waals surface area (Å²) in [6, 6.07) is 20.8. The zero-order chi connectivity index (χ0) is 34.3. The zero-order valence-electron chi connectivity index (χ0n) is 27.2. The molecule has 10 nitrogen and oxygen atoms in total. The summed E-state index contributed by atoms with van der Waals surface area (Å²) < 4.78 is 7.16. The Labute approximate surface area is 293 Å². The molecule has 49 heavy (non-hydrogen) atoms. The lowest BCUT2D eigenvalue weighted by Crippen LogP contribution is -2.59. The van der Waals surface area contributed by atoms with Gasteiger partial charge >= 0.3 is 0 Å². The number of nitrogens with zero attached hydrogens (tertiary/aromatic N) is 4. The summed E-state index contributed by atoms with van der Waals surface area (Å²) in [4.78, 5) is 36.2. The summed E-state index contributed by atoms with van der Waals surface area (Å²) in [6.45, 7) is 4.61. The molecule has 2 aromatic carbocycles. The van der Waals surface area contributed by atoms with Gasteiger partial charge in [-0.3, -0.25) is 18.9 Å². The maximum atomic E-state index is 13.1. The predicted molar refractivity (Wildman–Crippen MR) is 191 cm³/mol. The van der Waals surface area contributed by atoms with Crippen LogP contribution in [0.15, 0.2) is 77.7 Å². The van der Waals surface area contributed by atoms with Gasteiger partial charge in [0.05, 0.1) is 34.1 Å². The highest BCUT2D eigenvalue weighted by molar-refractivity contribution is 6.39. The van der Waals surface area contributed by atoms with E-state index in [9.17, 15) is 14.7 Å². The van der Waals surface area contributed by atoms with E-state index in [1.54, 1.807) is 20.2 Å². The molecule has 0 aliphatic carbocycles. The zero-order valence-corrected chi connectivity index (χ0v) is 28.7. The molecule has 2 saturated heterocycles. The van der Waals surface area contributed by atoms with Gasteiger partial charge in [-0.1, -0.05) is 65.7 Å². The number of likely N-dealkylation sites (tertiary alicyclic amines) is 1. The fourth-order valence-electron chi connectivity index (χ4n) is 6.69. The molecular formula is C37H36Cl2N6O4. The number of nitrogens with one attached hydrogen (secondary N) is 2. The quantitative estimate of drug-likeness (QED) is 0.179. The van der Waals surface area contributed by atoms with Gasteiger partial charge in [0, 0.05) is 90.8 Å². The smallest absolute Gasteiger partial charge is 0.258 e. The maximum Gasteiger partial charge on any atom is 0.258 e. The van der Waals surface area contributed by atoms with Crippen LogP contribution in [-0.4, -0.2) is 68.7 Å². The Kier molecular flexibility index (Phi) is 9.17. The lowest BCUT2D eigenvalue weighted by molar-refractivity contribution is -0.119. The van der Waals surface area contributed by atoms with Gasteiger partial charge in [-0.25, -0.2) is 9.97 Å². The van der Waals surface area contributed by atoms with Crippen LogP contribution in [0.1, 0.15) is 31.0 Å². The first-order valence-electron chi connectivity index (χ1n) is 16.2. The van der Waals surface area contributed by atoms with Crippen LogP contribution in [0.3, 0.4) is 0 Å². The van der Waals surface area contributed by atoms with Gasteiger partial charge in [0.2, 0.25) is 11.8 Å². The van der Waals surface area contributed by atoms with Crippen molar-refractivity contribution < 1.29 is 14.6 Å². The van der Waals surface area contributed by atoms with Crippen molar-refractivity contribution in [1.82, 2.24) is 29.9 Å². The minimum absolute atomic E-state index is 0.0930. The molecular weight excluding hydrogens is 663 g/mol. The fraction of sp³-hybridized carbons (Fsp3) is 0.297. The van der Waals surface area contributed by atoms with E-state index in [2.05, 4.69) is 20.5 Å². The molecule has 1 unspecified atom stereocenters. The molecule has 5 aromatic rings. The number of pyridine rings is 2. The number of aliphatic hydroxyl groups is 1. The Morgan fingerprint density at radius 1 is 0.980 bits per heavy atom. The van der Waals surface area contributed by atoms with Crippen molar-refractivity contribution in [2.24, 2.45) is 0 Å². The van der Waals surface area contributed by atoms with Crippen LogP contribution in [0.2, 0.25) is 10.0 Å². The number of carbonyl (C=O) groups excluding carboxylic acids is 1. The number of rotatable bonds is 10. The fourth-order valence-corrected chi connectivity index (χ4v) is 7.35. The van der Waals surface area contributed by atoms with Gasteiger partial charge in [0.15, 0.2) is 0 Å². The molecule has 12 heteroatoms. The van der Waals surface area contributed by atoms with Crippen LogP contribution in [0, 0.1) is 0 Å². The number of ether oxygens (including phenoxy) is 1. The van der Waals surface area contributed by atoms with Crippen LogP contribution in [-0.2, 0) is 17.9 Å². The summed E-state index contributed by atoms with van der Waals surface area (Å²) in [5.74, 6) is 0.583. The molecule has 1 atom stereocenters. The third-order valence-electron chi connectivity index (χ3n) is 9.02. The first-order chi connectivity index (χ1) is 23.6. The third kappa shape index (κ3) is 6.92. The van der Waals surface area contributed by atoms with Crippen molar-refractivity contribution in [2.45, 2.75) is 44.5 Å². The molecule has 2 fully saturated rings. The van der Waals surface area contributed by atoms with Gasteiger partial charge in [0.1, 0.15) is 5.65 Å². The number of β-amino-alcohol motifs (C(OH)–C–C–N with tert-alkyl or cyclic N) is 1. The highest BCUT2D eigenvalue weighted by Gasteiger charge is 2.36. The van der Waals surface area contributed by atoms with Gasteiger partial charge < -0.3 is 20.5 Å². The van der Waals surface area contributed by atoms with E-state index in [0.717, 1.165) is 39.8 Å². The normalized spacial score (nSPS) is 17.2. The lowest BCUT2D eigenvalue weighted by atomic mass is 9.97. The van der Waals surface area contributed by atoms with Crippen molar-refractivity contribution in [1.29, 1.82) is 0 Å². The second-order valence-corrected chi connectivity index (χ2v) is 13.8. The highest BCUT2D eigenvalue weighted by atomic mass is 35.5. The largest absolute Gasteiger partial charge is 0.481 e. The van der Waals surface area contributed by atoms with Crippen LogP contribution in [0.5, 0.6) is 5.88 Å². The topological polar surface area (TPSA) is 121 Å². The molecule has 3 aromatic heterocycles. The number of halogens is 2. The van der Waals surface area contributed by atoms with Crippen molar-refractivity contribution in [2.75, 3.05) is 26.7 Å². The van der Waals surface area contributed by atoms with Gasteiger partial charge in [-0.15, -0.1) is 0 Å². The number of fused-ring (bicyclic) bond motifs is 1. The number of hydrogen-bond donors (Lipinski definition) is 3. The van der Waals surface area contributed by atoms with Crippen LogP contribution < -0.4 is 20.9 Å². The van der Waals surface area contributed by atoms with E-state index < -0.39 is 5.60 Å². The second-order valence-electron chi connectivity index (χ2n) is 13.0. The summed E-state index contributed by atoms with van der Waals surface area (Å²) >= 11 is 14.2. The van der Waals surface area contributed by atoms with Crippen molar-refractivity contribution in [3.63, 3.8) is 0 Å². The second kappa shape index (κ2) is 13.5. The number of aromatic nitrogens is 3. The van der Waals surface area contributed by atoms with E-state index in [1.165, 1.54) is 10.5 Å². The van der Waals surface area contributed by atoms with Crippen LogP contribution in [0.4, 0.5) is 0 Å². The highest BCUT2D eigenvalue weighted by Crippen LogP contribution is 2.42. The Balaban J connectivity index is 1.14. The van der Waals surface area contributed by atoms with Crippen molar-refractivity contribution in [3.8, 4) is 39.4 Å². The maximum absolute atomic E-state index is 13.1. The van der Waals surface area contributed by atoms with Crippen molar-refractivity contribution in [3.05, 3.63) is 105 Å². The molecule has 7 rings (SSSR count). The molecule has 0 bridgehead atoms. The Morgan fingerprint density at radius 2 is 1.69 bits per heavy atom. The number of benzene rings is 2. The Hall–Kier alpha value is -4.32. The lowest BCUT2D eigenvalue weighted by Gasteiger charge is -2.44. The first kappa shape index (κ1) is 33.2. The Morgan fingerprint density at radius 3 is 2.39 bits per heavy atom. The monoisotopic (exact) mass is 698 g/mol. The minimum atomic E-state index is -0.689. The van der Waals surface area contributed by atoms with E-state index in [4.69, 9.17) is 32.9 Å². The van der Waals surface area contributed by atoms with E-state index >= 15 is 0 Å². The average Bonchev–Trinajstić information content (AvgIpc) is 3.49. The van der Waals surface area contributed by atoms with E-state index in [-0.39, 0.29) is 17.5 Å². The molecule has 2 aliphatic heterocycles. The average molecular weight is 700 g/mol. The number of methoxy groups -OCH3 is 1. The molecule has 3 N–H and O–H groups in total. The summed E-state index contributed by atoms with van der Waals surface area (Å²) in [5.41, 5.74) is 5.58. The summed E-state index contributed by atoms with van der Waals surface area (Å²) in [7, 11) is 1.59. The standard InChI is InChI=1S/C37H36Cl2N6O4/c1-37(48)20-44(21-37)19-25-15-33(47)45-18-23(10-13-31(45)41-25)26-5-3-6-27(34(26)38)28-7-4-8-29(35(28)39)30-12-9-22(36(43-30)49-2)16-40-17-24-11-14-32(46)42-24/h3-10,12-13,15,18,24,40,48H,11,14,16-17,19-21H2,1-2H3,(H,42,46). The number of amides is 1. The van der Waals surface area contributed by atoms with Gasteiger partial charge in [-0.05, 0) is 31.5 Å². The number of carbonyl (C=O) groups is 1. The third-order valence-corrected chi connectivity index (χ3v) is 9.84. The molecule has 1 amide bonds. The molecule has 0 saturated carbocycles. The SMILES string of the molecule is COc1nc(-c2cccc(-c3cccc(-c4ccc5nc(CN6CC(C)(O)C6)cc(=O)n5c4)c3Cl)c2Cl)ccc1CNCC1CCC(=O)N1. The van der Waals surface area contributed by atoms with E-state index in [1.807, 2.05) is 60.7 Å². The Bertz CT molecular complexity index is 2130. The summed E-state index contributed by atoms with van der Waals surface area (Å²) in [5, 5.41) is 17.4. The van der Waals surface area contributed by atoms with Gasteiger partial charge in [0.25, 0.3) is 5.56 Å². The predicted octanol–water partition coefficient (Wildman–Crippen LogP) is 5.34. The molecule has 5 heterocycles. The van der Waals surface area contributed by atoms with Crippen molar-refractivity contribution >= 4 is 34.8 Å². The minimum Gasteiger partial charge on any atom is -0.481 e. The summed E-state index contributed by atoms with van der Waals surface area (Å²) in [6.07, 6.45) is 3.15. The molecule has 2 aliphatic rings. The number of hydrogen-bond acceptors (Lipinski definition) is 8.